The van der Waals surface area contributed by atoms with Crippen molar-refractivity contribution < 1.29 is 0 Å². The molecule has 0 aliphatic carbocycles. The summed E-state index contributed by atoms with van der Waals surface area (Å²) in [5.74, 6) is 0. The second-order valence-corrected chi connectivity index (χ2v) is 6.13. The molecule has 1 aromatic carbocycles. The Morgan fingerprint density at radius 1 is 1.33 bits per heavy atom. The molecule has 0 amide bonds. The molecule has 1 unspecified atom stereocenters. The van der Waals surface area contributed by atoms with Crippen LogP contribution in [0.5, 0.6) is 0 Å². The number of likely N-dealkylation sites (N-methyl/N-ethyl adjacent to an activating group) is 1. The van der Waals surface area contributed by atoms with Gasteiger partial charge in [0.15, 0.2) is 0 Å². The van der Waals surface area contributed by atoms with E-state index in [1.807, 2.05) is 0 Å². The Morgan fingerprint density at radius 3 is 3.17 bits per heavy atom. The zero-order chi connectivity index (χ0) is 12.4. The number of piperidine rings is 1. The highest BCUT2D eigenvalue weighted by Gasteiger charge is 2.18. The number of likely N-dealkylation sites (tertiary alicyclic amines) is 1. The van der Waals surface area contributed by atoms with Crippen LogP contribution in [0.15, 0.2) is 29.6 Å². The smallest absolute Gasteiger partial charge is 0.0347 e. The van der Waals surface area contributed by atoms with E-state index in [0.717, 1.165) is 6.54 Å². The number of benzene rings is 1. The van der Waals surface area contributed by atoms with Crippen LogP contribution in [0.1, 0.15) is 19.3 Å². The van der Waals surface area contributed by atoms with Crippen LogP contribution in [0.3, 0.4) is 0 Å². The normalized spacial score (nSPS) is 21.3. The number of hydrogen-bond acceptors (Lipinski definition) is 3. The molecule has 3 rings (SSSR count). The van der Waals surface area contributed by atoms with Gasteiger partial charge in [-0.1, -0.05) is 6.42 Å². The third-order valence-corrected chi connectivity index (χ3v) is 4.81. The van der Waals surface area contributed by atoms with Crippen LogP contribution in [0.4, 0.5) is 5.69 Å². The molecule has 2 aromatic rings. The lowest BCUT2D eigenvalue weighted by Gasteiger charge is -2.32. The highest BCUT2D eigenvalue weighted by atomic mass is 32.1. The van der Waals surface area contributed by atoms with Crippen LogP contribution >= 0.6 is 11.3 Å². The number of hydrogen-bond donors (Lipinski definition) is 1. The minimum Gasteiger partial charge on any atom is -0.383 e. The van der Waals surface area contributed by atoms with Crippen LogP contribution in [0.25, 0.3) is 10.1 Å². The molecule has 1 saturated heterocycles. The topological polar surface area (TPSA) is 15.3 Å². The van der Waals surface area contributed by atoms with Crippen molar-refractivity contribution in [2.75, 3.05) is 25.5 Å². The maximum absolute atomic E-state index is 3.59. The maximum Gasteiger partial charge on any atom is 0.0347 e. The molecule has 3 heteroatoms. The minimum atomic E-state index is 0.692. The van der Waals surface area contributed by atoms with Gasteiger partial charge in [-0.25, -0.2) is 0 Å². The van der Waals surface area contributed by atoms with Crippen LogP contribution in [-0.2, 0) is 0 Å². The number of nitrogens with one attached hydrogen (secondary N) is 1. The van der Waals surface area contributed by atoms with Crippen LogP contribution in [0, 0.1) is 0 Å². The van der Waals surface area contributed by atoms with Crippen molar-refractivity contribution in [1.82, 2.24) is 4.90 Å². The molecule has 0 spiro atoms. The molecule has 0 saturated carbocycles. The molecule has 1 fully saturated rings. The fraction of sp³-hybridized carbons (Fsp3) is 0.467. The van der Waals surface area contributed by atoms with Crippen LogP contribution in [-0.4, -0.2) is 31.1 Å². The van der Waals surface area contributed by atoms with Crippen molar-refractivity contribution in [3.8, 4) is 0 Å². The van der Waals surface area contributed by atoms with E-state index >= 15 is 0 Å². The van der Waals surface area contributed by atoms with Gasteiger partial charge < -0.3 is 10.2 Å². The fourth-order valence-corrected chi connectivity index (χ4v) is 3.49. The molecule has 96 valence electrons. The van der Waals surface area contributed by atoms with Gasteiger partial charge >= 0.3 is 0 Å². The molecule has 1 atom stereocenters. The van der Waals surface area contributed by atoms with E-state index in [1.54, 1.807) is 11.3 Å². The molecule has 1 aliphatic rings. The van der Waals surface area contributed by atoms with Gasteiger partial charge in [0.25, 0.3) is 0 Å². The summed E-state index contributed by atoms with van der Waals surface area (Å²) in [6.45, 7) is 2.31. The van der Waals surface area contributed by atoms with E-state index in [2.05, 4.69) is 46.9 Å². The quantitative estimate of drug-likeness (QED) is 0.903. The Labute approximate surface area is 113 Å². The average molecular weight is 260 g/mol. The van der Waals surface area contributed by atoms with Gasteiger partial charge in [0.1, 0.15) is 0 Å². The first-order valence-electron chi connectivity index (χ1n) is 6.74. The number of fused-ring (bicyclic) bond motifs is 1. The van der Waals surface area contributed by atoms with Gasteiger partial charge in [-0.2, -0.15) is 0 Å². The molecule has 0 bridgehead atoms. The first-order chi connectivity index (χ1) is 8.83. The summed E-state index contributed by atoms with van der Waals surface area (Å²) in [5.41, 5.74) is 1.25. The van der Waals surface area contributed by atoms with Crippen LogP contribution in [0.2, 0.25) is 0 Å². The lowest BCUT2D eigenvalue weighted by Crippen LogP contribution is -2.40. The highest BCUT2D eigenvalue weighted by molar-refractivity contribution is 7.17. The molecule has 2 heterocycles. The van der Waals surface area contributed by atoms with E-state index in [4.69, 9.17) is 0 Å². The van der Waals surface area contributed by atoms with Crippen molar-refractivity contribution in [1.29, 1.82) is 0 Å². The summed E-state index contributed by atoms with van der Waals surface area (Å²) in [6, 6.07) is 9.55. The standard InChI is InChI=1S/C15H20N2S/c1-17-8-3-2-4-14(17)11-16-13-5-6-15-12(10-13)7-9-18-15/h5-7,9-10,14,16H,2-4,8,11H2,1H3. The molecule has 2 nitrogen and oxygen atoms in total. The minimum absolute atomic E-state index is 0.692. The number of thiophene rings is 1. The van der Waals surface area contributed by atoms with E-state index in [0.29, 0.717) is 6.04 Å². The number of nitrogens with zero attached hydrogens (tertiary/aromatic N) is 1. The second kappa shape index (κ2) is 5.29. The molecule has 1 N–H and O–H groups in total. The van der Waals surface area contributed by atoms with Crippen molar-refractivity contribution in [3.05, 3.63) is 29.6 Å². The Balaban J connectivity index is 1.65. The molecule has 1 aromatic heterocycles. The third kappa shape index (κ3) is 2.52. The Morgan fingerprint density at radius 2 is 2.28 bits per heavy atom. The first kappa shape index (κ1) is 12.0. The van der Waals surface area contributed by atoms with Gasteiger partial charge in [-0.05, 0) is 61.5 Å². The lowest BCUT2D eigenvalue weighted by atomic mass is 10.0. The van der Waals surface area contributed by atoms with E-state index in [9.17, 15) is 0 Å². The fourth-order valence-electron chi connectivity index (χ4n) is 2.71. The Bertz CT molecular complexity index is 520. The van der Waals surface area contributed by atoms with Gasteiger partial charge in [0.05, 0.1) is 0 Å². The van der Waals surface area contributed by atoms with E-state index in [-0.39, 0.29) is 0 Å². The van der Waals surface area contributed by atoms with Gasteiger partial charge in [0.2, 0.25) is 0 Å². The summed E-state index contributed by atoms with van der Waals surface area (Å²) in [7, 11) is 2.24. The summed E-state index contributed by atoms with van der Waals surface area (Å²) in [6.07, 6.45) is 4.05. The van der Waals surface area contributed by atoms with Crippen molar-refractivity contribution >= 4 is 27.1 Å². The Hall–Kier alpha value is -1.06. The first-order valence-corrected chi connectivity index (χ1v) is 7.62. The SMILES string of the molecule is CN1CCCCC1CNc1ccc2sccc2c1. The molecule has 18 heavy (non-hydrogen) atoms. The summed E-state index contributed by atoms with van der Waals surface area (Å²) in [4.78, 5) is 2.49. The van der Waals surface area contributed by atoms with Gasteiger partial charge in [-0.3, -0.25) is 0 Å². The van der Waals surface area contributed by atoms with Crippen molar-refractivity contribution in [3.63, 3.8) is 0 Å². The summed E-state index contributed by atoms with van der Waals surface area (Å²) >= 11 is 1.81. The highest BCUT2D eigenvalue weighted by Crippen LogP contribution is 2.24. The van der Waals surface area contributed by atoms with Gasteiger partial charge in [-0.15, -0.1) is 11.3 Å². The predicted molar refractivity (Wildman–Crippen MR) is 80.6 cm³/mol. The summed E-state index contributed by atoms with van der Waals surface area (Å²) < 4.78 is 1.37. The average Bonchev–Trinajstić information content (AvgIpc) is 2.85. The second-order valence-electron chi connectivity index (χ2n) is 5.18. The summed E-state index contributed by atoms with van der Waals surface area (Å²) in [5, 5.41) is 7.09. The number of rotatable bonds is 3. The monoisotopic (exact) mass is 260 g/mol. The number of anilines is 1. The third-order valence-electron chi connectivity index (χ3n) is 3.92. The van der Waals surface area contributed by atoms with Gasteiger partial charge in [0, 0.05) is 23.0 Å². The van der Waals surface area contributed by atoms with E-state index in [1.165, 1.54) is 41.6 Å². The lowest BCUT2D eigenvalue weighted by molar-refractivity contribution is 0.194. The van der Waals surface area contributed by atoms with E-state index < -0.39 is 0 Å². The predicted octanol–water partition coefficient (Wildman–Crippen LogP) is 3.80. The molecule has 1 aliphatic heterocycles. The zero-order valence-corrected chi connectivity index (χ0v) is 11.7. The molecular formula is C15H20N2S. The molecular weight excluding hydrogens is 240 g/mol. The Kier molecular flexibility index (Phi) is 3.52. The maximum atomic E-state index is 3.59. The van der Waals surface area contributed by atoms with Crippen molar-refractivity contribution in [2.45, 2.75) is 25.3 Å². The largest absolute Gasteiger partial charge is 0.383 e. The molecule has 0 radical (unpaired) electrons. The zero-order valence-electron chi connectivity index (χ0n) is 10.9. The van der Waals surface area contributed by atoms with Crippen LogP contribution < -0.4 is 5.32 Å². The van der Waals surface area contributed by atoms with Crippen molar-refractivity contribution in [2.24, 2.45) is 0 Å².